The van der Waals surface area contributed by atoms with Crippen molar-refractivity contribution in [3.8, 4) is 5.75 Å². The van der Waals surface area contributed by atoms with Gasteiger partial charge in [0.1, 0.15) is 5.75 Å². The Morgan fingerprint density at radius 2 is 1.88 bits per heavy atom. The Kier molecular flexibility index (Phi) is 4.58. The van der Waals surface area contributed by atoms with Crippen LogP contribution in [0.2, 0.25) is 0 Å². The maximum atomic E-state index is 9.30. The number of hydrogen-bond acceptors (Lipinski definition) is 4. The van der Waals surface area contributed by atoms with Gasteiger partial charge in [-0.2, -0.15) is 0 Å². The fraction of sp³-hybridized carbons (Fsp3) is 0.500. The lowest BCUT2D eigenvalue weighted by molar-refractivity contribution is -0.109. The lowest BCUT2D eigenvalue weighted by Crippen LogP contribution is -2.33. The minimum Gasteiger partial charge on any atom is -0.508 e. The first-order valence-corrected chi connectivity index (χ1v) is 5.20. The molecule has 4 nitrogen and oxygen atoms in total. The highest BCUT2D eigenvalue weighted by atomic mass is 16.7. The van der Waals surface area contributed by atoms with Crippen LogP contribution in [-0.2, 0) is 9.47 Å². The van der Waals surface area contributed by atoms with Gasteiger partial charge in [-0.05, 0) is 37.6 Å². The van der Waals surface area contributed by atoms with Gasteiger partial charge in [0.05, 0.1) is 6.04 Å². The summed E-state index contributed by atoms with van der Waals surface area (Å²) in [6, 6.07) is 5.22. The van der Waals surface area contributed by atoms with Crippen LogP contribution < -0.4 is 5.32 Å². The third kappa shape index (κ3) is 3.12. The van der Waals surface area contributed by atoms with Crippen molar-refractivity contribution in [3.63, 3.8) is 0 Å². The summed E-state index contributed by atoms with van der Waals surface area (Å²) in [5, 5.41) is 12.6. The zero-order chi connectivity index (χ0) is 12.1. The summed E-state index contributed by atoms with van der Waals surface area (Å²) in [5.41, 5.74) is 1.95. The lowest BCUT2D eigenvalue weighted by atomic mass is 10.1. The summed E-state index contributed by atoms with van der Waals surface area (Å²) >= 11 is 0. The van der Waals surface area contributed by atoms with Crippen molar-refractivity contribution in [2.75, 3.05) is 19.5 Å². The Bertz CT molecular complexity index is 337. The molecular formula is C12H19NO3. The van der Waals surface area contributed by atoms with Gasteiger partial charge in [0.15, 0.2) is 6.29 Å². The molecule has 1 rings (SSSR count). The molecule has 1 atom stereocenters. The number of methoxy groups -OCH3 is 2. The fourth-order valence-electron chi connectivity index (χ4n) is 1.63. The normalized spacial score (nSPS) is 12.8. The summed E-state index contributed by atoms with van der Waals surface area (Å²) in [4.78, 5) is 0. The molecule has 4 heteroatoms. The maximum absolute atomic E-state index is 9.30. The van der Waals surface area contributed by atoms with Crippen molar-refractivity contribution < 1.29 is 14.6 Å². The highest BCUT2D eigenvalue weighted by molar-refractivity contribution is 5.53. The second-order valence-electron chi connectivity index (χ2n) is 3.77. The quantitative estimate of drug-likeness (QED) is 0.595. The molecule has 0 aliphatic rings. The van der Waals surface area contributed by atoms with Crippen molar-refractivity contribution in [1.82, 2.24) is 0 Å². The third-order valence-electron chi connectivity index (χ3n) is 2.47. The Morgan fingerprint density at radius 1 is 1.25 bits per heavy atom. The molecule has 0 aromatic heterocycles. The molecule has 0 saturated carbocycles. The molecule has 0 amide bonds. The zero-order valence-electron chi connectivity index (χ0n) is 10.2. The van der Waals surface area contributed by atoms with Gasteiger partial charge in [0, 0.05) is 19.9 Å². The molecule has 0 bridgehead atoms. The summed E-state index contributed by atoms with van der Waals surface area (Å²) in [7, 11) is 3.21. The first-order chi connectivity index (χ1) is 7.58. The predicted molar refractivity (Wildman–Crippen MR) is 63.7 cm³/mol. The number of hydrogen-bond donors (Lipinski definition) is 2. The Labute approximate surface area is 96.2 Å². The molecular weight excluding hydrogens is 206 g/mol. The van der Waals surface area contributed by atoms with E-state index in [0.717, 1.165) is 11.3 Å². The summed E-state index contributed by atoms with van der Waals surface area (Å²) in [5.74, 6) is 0.269. The molecule has 1 unspecified atom stereocenters. The second kappa shape index (κ2) is 5.72. The Morgan fingerprint density at radius 3 is 2.38 bits per heavy atom. The standard InChI is InChI=1S/C12H19NO3/c1-8-7-10(14)5-6-11(8)13-9(2)12(15-3)16-4/h5-7,9,12-14H,1-4H3. The molecule has 0 aliphatic heterocycles. The van der Waals surface area contributed by atoms with Gasteiger partial charge in [-0.3, -0.25) is 0 Å². The van der Waals surface area contributed by atoms with E-state index in [-0.39, 0.29) is 18.1 Å². The molecule has 1 aromatic rings. The number of aryl methyl sites for hydroxylation is 1. The highest BCUT2D eigenvalue weighted by Crippen LogP contribution is 2.21. The molecule has 0 radical (unpaired) electrons. The van der Waals surface area contributed by atoms with Crippen LogP contribution in [-0.4, -0.2) is 31.7 Å². The van der Waals surface area contributed by atoms with Crippen LogP contribution in [0.5, 0.6) is 5.75 Å². The molecule has 0 spiro atoms. The van der Waals surface area contributed by atoms with Gasteiger partial charge in [-0.25, -0.2) is 0 Å². The SMILES string of the molecule is COC(OC)C(C)Nc1ccc(O)cc1C. The van der Waals surface area contributed by atoms with Crippen LogP contribution in [0.3, 0.4) is 0 Å². The molecule has 2 N–H and O–H groups in total. The number of phenolic OH excluding ortho intramolecular Hbond substituents is 1. The molecule has 0 saturated heterocycles. The van der Waals surface area contributed by atoms with Crippen LogP contribution in [0.25, 0.3) is 0 Å². The van der Waals surface area contributed by atoms with E-state index >= 15 is 0 Å². The summed E-state index contributed by atoms with van der Waals surface area (Å²) in [6.07, 6.45) is -0.298. The van der Waals surface area contributed by atoms with Crippen LogP contribution >= 0.6 is 0 Å². The van der Waals surface area contributed by atoms with E-state index in [9.17, 15) is 5.11 Å². The van der Waals surface area contributed by atoms with Crippen LogP contribution in [0.15, 0.2) is 18.2 Å². The Hall–Kier alpha value is -1.26. The topological polar surface area (TPSA) is 50.7 Å². The molecule has 90 valence electrons. The van der Waals surface area contributed by atoms with E-state index in [1.165, 1.54) is 0 Å². The molecule has 0 heterocycles. The maximum Gasteiger partial charge on any atom is 0.176 e. The second-order valence-corrected chi connectivity index (χ2v) is 3.77. The van der Waals surface area contributed by atoms with E-state index in [2.05, 4.69) is 5.32 Å². The summed E-state index contributed by atoms with van der Waals surface area (Å²) < 4.78 is 10.3. The predicted octanol–water partition coefficient (Wildman–Crippen LogP) is 2.12. The van der Waals surface area contributed by atoms with E-state index in [0.29, 0.717) is 0 Å². The third-order valence-corrected chi connectivity index (χ3v) is 2.47. The number of benzene rings is 1. The Balaban J connectivity index is 2.72. The number of anilines is 1. The molecule has 1 aromatic carbocycles. The zero-order valence-corrected chi connectivity index (χ0v) is 10.2. The van der Waals surface area contributed by atoms with E-state index in [4.69, 9.17) is 9.47 Å². The van der Waals surface area contributed by atoms with Gasteiger partial charge >= 0.3 is 0 Å². The van der Waals surface area contributed by atoms with Gasteiger partial charge in [-0.1, -0.05) is 0 Å². The molecule has 16 heavy (non-hydrogen) atoms. The number of phenols is 1. The van der Waals surface area contributed by atoms with Crippen molar-refractivity contribution >= 4 is 5.69 Å². The van der Waals surface area contributed by atoms with E-state index in [1.807, 2.05) is 19.9 Å². The minimum absolute atomic E-state index is 0.0262. The average Bonchev–Trinajstić information content (AvgIpc) is 2.24. The van der Waals surface area contributed by atoms with Crippen LogP contribution in [0.1, 0.15) is 12.5 Å². The highest BCUT2D eigenvalue weighted by Gasteiger charge is 2.15. The van der Waals surface area contributed by atoms with Crippen molar-refractivity contribution in [1.29, 1.82) is 0 Å². The van der Waals surface area contributed by atoms with Gasteiger partial charge < -0.3 is 19.9 Å². The van der Waals surface area contributed by atoms with Crippen LogP contribution in [0.4, 0.5) is 5.69 Å². The first kappa shape index (κ1) is 12.8. The van der Waals surface area contributed by atoms with Gasteiger partial charge in [0.2, 0.25) is 0 Å². The smallest absolute Gasteiger partial charge is 0.176 e. The largest absolute Gasteiger partial charge is 0.508 e. The molecule has 0 aliphatic carbocycles. The molecule has 0 fully saturated rings. The number of aromatic hydroxyl groups is 1. The van der Waals surface area contributed by atoms with E-state index in [1.54, 1.807) is 26.4 Å². The average molecular weight is 225 g/mol. The number of rotatable bonds is 5. The monoisotopic (exact) mass is 225 g/mol. The summed E-state index contributed by atoms with van der Waals surface area (Å²) in [6.45, 7) is 3.91. The van der Waals surface area contributed by atoms with Crippen LogP contribution in [0, 0.1) is 6.92 Å². The minimum atomic E-state index is -0.298. The first-order valence-electron chi connectivity index (χ1n) is 5.20. The van der Waals surface area contributed by atoms with Crippen molar-refractivity contribution in [2.24, 2.45) is 0 Å². The van der Waals surface area contributed by atoms with E-state index < -0.39 is 0 Å². The lowest BCUT2D eigenvalue weighted by Gasteiger charge is -2.24. The van der Waals surface area contributed by atoms with Gasteiger partial charge in [-0.15, -0.1) is 0 Å². The van der Waals surface area contributed by atoms with Gasteiger partial charge in [0.25, 0.3) is 0 Å². The van der Waals surface area contributed by atoms with Crippen molar-refractivity contribution in [2.45, 2.75) is 26.2 Å². The van der Waals surface area contributed by atoms with Crippen molar-refractivity contribution in [3.05, 3.63) is 23.8 Å². The fourth-order valence-corrected chi connectivity index (χ4v) is 1.63. The number of ether oxygens (including phenoxy) is 2. The number of nitrogens with one attached hydrogen (secondary N) is 1.